The van der Waals surface area contributed by atoms with Gasteiger partial charge in [-0.3, -0.25) is 4.98 Å². The number of aryl methyl sites for hydroxylation is 2. The van der Waals surface area contributed by atoms with Gasteiger partial charge in [-0.05, 0) is 60.4 Å². The molecule has 3 heteroatoms. The molecule has 2 heterocycles. The second-order valence-electron chi connectivity index (χ2n) is 10.7. The van der Waals surface area contributed by atoms with Gasteiger partial charge in [0.05, 0.1) is 22.9 Å². The van der Waals surface area contributed by atoms with E-state index in [1.165, 1.54) is 64.3 Å². The summed E-state index contributed by atoms with van der Waals surface area (Å²) in [6.07, 6.45) is 6.38. The molecule has 39 heavy (non-hydrogen) atoms. The number of fused-ring (bicyclic) bond motifs is 9. The fourth-order valence-electron chi connectivity index (χ4n) is 6.17. The van der Waals surface area contributed by atoms with E-state index in [-0.39, 0.29) is 0 Å². The SMILES string of the molecule is CC1=Cc2c(c3nc(-c4ccc(-c5cccc6c5sc5ccccc56)cc4)cnc3c3ccc(C)cc23)CC1. The molecule has 1 aliphatic carbocycles. The van der Waals surface area contributed by atoms with E-state index in [4.69, 9.17) is 9.97 Å². The summed E-state index contributed by atoms with van der Waals surface area (Å²) >= 11 is 1.87. The van der Waals surface area contributed by atoms with Crippen LogP contribution in [0.15, 0.2) is 96.7 Å². The van der Waals surface area contributed by atoms with Crippen LogP contribution < -0.4 is 0 Å². The van der Waals surface area contributed by atoms with E-state index in [2.05, 4.69) is 105 Å². The lowest BCUT2D eigenvalue weighted by Gasteiger charge is -2.19. The highest BCUT2D eigenvalue weighted by atomic mass is 32.1. The number of hydrogen-bond donors (Lipinski definition) is 0. The third kappa shape index (κ3) is 3.54. The largest absolute Gasteiger partial charge is 0.252 e. The molecule has 5 aromatic carbocycles. The quantitative estimate of drug-likeness (QED) is 0.213. The molecule has 0 radical (unpaired) electrons. The molecule has 8 rings (SSSR count). The molecule has 0 atom stereocenters. The highest BCUT2D eigenvalue weighted by molar-refractivity contribution is 7.26. The molecule has 2 nitrogen and oxygen atoms in total. The minimum Gasteiger partial charge on any atom is -0.252 e. The number of allylic oxidation sites excluding steroid dienone is 1. The molecule has 0 aliphatic heterocycles. The van der Waals surface area contributed by atoms with Crippen molar-refractivity contribution in [1.82, 2.24) is 9.97 Å². The first-order valence-electron chi connectivity index (χ1n) is 13.5. The van der Waals surface area contributed by atoms with Crippen molar-refractivity contribution in [3.05, 3.63) is 113 Å². The summed E-state index contributed by atoms with van der Waals surface area (Å²) in [5.74, 6) is 0. The van der Waals surface area contributed by atoms with E-state index < -0.39 is 0 Å². The topological polar surface area (TPSA) is 25.8 Å². The summed E-state index contributed by atoms with van der Waals surface area (Å²) in [4.78, 5) is 10.3. The van der Waals surface area contributed by atoms with Gasteiger partial charge in [0.1, 0.15) is 0 Å². The third-order valence-electron chi connectivity index (χ3n) is 8.16. The summed E-state index contributed by atoms with van der Waals surface area (Å²) in [6.45, 7) is 4.40. The van der Waals surface area contributed by atoms with Crippen molar-refractivity contribution in [2.45, 2.75) is 26.7 Å². The number of thiophene rings is 1. The fraction of sp³-hybridized carbons (Fsp3) is 0.111. The number of benzene rings is 5. The van der Waals surface area contributed by atoms with E-state index in [1.54, 1.807) is 0 Å². The predicted molar refractivity (Wildman–Crippen MR) is 168 cm³/mol. The normalized spacial score (nSPS) is 13.3. The van der Waals surface area contributed by atoms with E-state index in [1.807, 2.05) is 17.5 Å². The molecule has 0 bridgehead atoms. The van der Waals surface area contributed by atoms with Crippen molar-refractivity contribution in [3.8, 4) is 22.4 Å². The summed E-state index contributed by atoms with van der Waals surface area (Å²) in [6, 6.07) is 30.9. The second-order valence-corrected chi connectivity index (χ2v) is 11.8. The van der Waals surface area contributed by atoms with Gasteiger partial charge in [-0.1, -0.05) is 96.1 Å². The molecule has 0 fully saturated rings. The van der Waals surface area contributed by atoms with Gasteiger partial charge in [0.25, 0.3) is 0 Å². The maximum Gasteiger partial charge on any atom is 0.0968 e. The number of hydrogen-bond acceptors (Lipinski definition) is 3. The van der Waals surface area contributed by atoms with E-state index >= 15 is 0 Å². The molecule has 0 amide bonds. The Morgan fingerprint density at radius 3 is 2.41 bits per heavy atom. The first-order chi connectivity index (χ1) is 19.1. The molecule has 0 saturated heterocycles. The van der Waals surface area contributed by atoms with Gasteiger partial charge in [0.15, 0.2) is 0 Å². The van der Waals surface area contributed by atoms with Crippen LogP contribution in [0.4, 0.5) is 0 Å². The maximum absolute atomic E-state index is 5.25. The lowest BCUT2D eigenvalue weighted by Crippen LogP contribution is -2.03. The molecule has 186 valence electrons. The molecular weight excluding hydrogens is 492 g/mol. The highest BCUT2D eigenvalue weighted by Gasteiger charge is 2.19. The van der Waals surface area contributed by atoms with Crippen molar-refractivity contribution < 1.29 is 0 Å². The standard InChI is InChI=1S/C36H26N2S/c1-21-10-16-27-30(18-21)31-19-22(2)11-17-28(31)35-34(27)37-20-32(38-35)24-14-12-23(13-15-24)25-7-5-8-29-26-6-3-4-9-33(26)39-36(25)29/h3-10,12-16,18-20H,11,17H2,1-2H3. The van der Waals surface area contributed by atoms with Crippen LogP contribution in [0.1, 0.15) is 30.0 Å². The predicted octanol–water partition coefficient (Wildman–Crippen LogP) is 10.1. The van der Waals surface area contributed by atoms with Gasteiger partial charge < -0.3 is 0 Å². The average molecular weight is 519 g/mol. The minimum absolute atomic E-state index is 0.925. The Morgan fingerprint density at radius 1 is 0.692 bits per heavy atom. The number of rotatable bonds is 2. The molecule has 1 aliphatic rings. The Labute approximate surface area is 231 Å². The zero-order valence-electron chi connectivity index (χ0n) is 22.0. The molecule has 0 spiro atoms. The van der Waals surface area contributed by atoms with Crippen LogP contribution in [0.2, 0.25) is 0 Å². The van der Waals surface area contributed by atoms with Crippen LogP contribution in [0.5, 0.6) is 0 Å². The van der Waals surface area contributed by atoms with Crippen molar-refractivity contribution in [2.24, 2.45) is 0 Å². The maximum atomic E-state index is 5.25. The van der Waals surface area contributed by atoms with E-state index in [0.717, 1.165) is 35.1 Å². The summed E-state index contributed by atoms with van der Waals surface area (Å²) in [7, 11) is 0. The third-order valence-corrected chi connectivity index (χ3v) is 9.38. The molecule has 7 aromatic rings. The lowest BCUT2D eigenvalue weighted by atomic mass is 9.87. The van der Waals surface area contributed by atoms with Crippen LogP contribution >= 0.6 is 11.3 Å². The molecule has 0 unspecified atom stereocenters. The van der Waals surface area contributed by atoms with Crippen LogP contribution in [0.3, 0.4) is 0 Å². The molecule has 0 saturated carbocycles. The van der Waals surface area contributed by atoms with Crippen molar-refractivity contribution in [3.63, 3.8) is 0 Å². The van der Waals surface area contributed by atoms with Crippen molar-refractivity contribution in [2.75, 3.05) is 0 Å². The Balaban J connectivity index is 1.26. The second kappa shape index (κ2) is 8.59. The Bertz CT molecular complexity index is 2130. The zero-order valence-corrected chi connectivity index (χ0v) is 22.8. The molecule has 0 N–H and O–H groups in total. The van der Waals surface area contributed by atoms with E-state index in [0.29, 0.717) is 0 Å². The monoisotopic (exact) mass is 518 g/mol. The van der Waals surface area contributed by atoms with Crippen LogP contribution in [0.25, 0.3) is 70.4 Å². The first-order valence-corrected chi connectivity index (χ1v) is 14.4. The smallest absolute Gasteiger partial charge is 0.0968 e. The lowest BCUT2D eigenvalue weighted by molar-refractivity contribution is 0.934. The Hall–Kier alpha value is -4.34. The van der Waals surface area contributed by atoms with Gasteiger partial charge in [-0.15, -0.1) is 11.3 Å². The van der Waals surface area contributed by atoms with Crippen molar-refractivity contribution >= 4 is 59.4 Å². The van der Waals surface area contributed by atoms with Crippen molar-refractivity contribution in [1.29, 1.82) is 0 Å². The number of aromatic nitrogens is 2. The van der Waals surface area contributed by atoms with Crippen LogP contribution in [-0.4, -0.2) is 9.97 Å². The van der Waals surface area contributed by atoms with Gasteiger partial charge in [0.2, 0.25) is 0 Å². The summed E-state index contributed by atoms with van der Waals surface area (Å²) in [5, 5.41) is 5.14. The first kappa shape index (κ1) is 22.6. The molecule has 2 aromatic heterocycles. The fourth-order valence-corrected chi connectivity index (χ4v) is 7.41. The molecular formula is C36H26N2S. The van der Waals surface area contributed by atoms with Crippen LogP contribution in [0, 0.1) is 6.92 Å². The average Bonchev–Trinajstić information content (AvgIpc) is 3.36. The Morgan fingerprint density at radius 2 is 1.51 bits per heavy atom. The highest BCUT2D eigenvalue weighted by Crippen LogP contribution is 2.41. The van der Waals surface area contributed by atoms with E-state index in [9.17, 15) is 0 Å². The van der Waals surface area contributed by atoms with Crippen LogP contribution in [-0.2, 0) is 6.42 Å². The Kier molecular flexibility index (Phi) is 4.98. The van der Waals surface area contributed by atoms with Gasteiger partial charge >= 0.3 is 0 Å². The number of nitrogens with zero attached hydrogens (tertiary/aromatic N) is 2. The van der Waals surface area contributed by atoms with Gasteiger partial charge in [-0.2, -0.15) is 0 Å². The van der Waals surface area contributed by atoms with Gasteiger partial charge in [0, 0.05) is 31.1 Å². The summed E-state index contributed by atoms with van der Waals surface area (Å²) < 4.78 is 2.67. The minimum atomic E-state index is 0.925. The summed E-state index contributed by atoms with van der Waals surface area (Å²) in [5.41, 5.74) is 11.9. The van der Waals surface area contributed by atoms with Gasteiger partial charge in [-0.25, -0.2) is 4.98 Å². The zero-order chi connectivity index (χ0) is 26.1.